The number of carbonyl (C=O) groups is 1. The van der Waals surface area contributed by atoms with Crippen LogP contribution >= 0.6 is 0 Å². The summed E-state index contributed by atoms with van der Waals surface area (Å²) in [5, 5.41) is 0. The highest BCUT2D eigenvalue weighted by molar-refractivity contribution is 5.78. The number of ether oxygens (including phenoxy) is 1. The molecule has 0 saturated carbocycles. The summed E-state index contributed by atoms with van der Waals surface area (Å²) in [4.78, 5) is 11.3. The second kappa shape index (κ2) is 6.42. The summed E-state index contributed by atoms with van der Waals surface area (Å²) in [5.74, 6) is -0.173. The van der Waals surface area contributed by atoms with Gasteiger partial charge in [-0.25, -0.2) is 0 Å². The lowest BCUT2D eigenvalue weighted by Gasteiger charge is -2.12. The fourth-order valence-electron chi connectivity index (χ4n) is 1.61. The molecule has 0 amide bonds. The zero-order valence-corrected chi connectivity index (χ0v) is 10.1. The van der Waals surface area contributed by atoms with E-state index in [9.17, 15) is 18.0 Å². The van der Waals surface area contributed by atoms with Crippen LogP contribution in [0.1, 0.15) is 31.7 Å². The molecule has 18 heavy (non-hydrogen) atoms. The summed E-state index contributed by atoms with van der Waals surface area (Å²) >= 11 is 0. The number of hydrogen-bond acceptors (Lipinski definition) is 2. The molecular formula is C13H15F3O2. The minimum absolute atomic E-state index is 0.0549. The summed E-state index contributed by atoms with van der Waals surface area (Å²) in [6.07, 6.45) is -2.98. The summed E-state index contributed by atoms with van der Waals surface area (Å²) < 4.78 is 40.4. The lowest BCUT2D eigenvalue weighted by Crippen LogP contribution is -2.18. The van der Waals surface area contributed by atoms with Gasteiger partial charge in [-0.3, -0.25) is 4.79 Å². The lowest BCUT2D eigenvalue weighted by atomic mass is 10.0. The van der Waals surface area contributed by atoms with E-state index in [1.807, 2.05) is 6.92 Å². The minimum atomic E-state index is -4.70. The molecule has 0 N–H and O–H groups in total. The fourth-order valence-corrected chi connectivity index (χ4v) is 1.61. The van der Waals surface area contributed by atoms with Crippen molar-refractivity contribution in [2.24, 2.45) is 0 Å². The average Bonchev–Trinajstić information content (AvgIpc) is 2.26. The molecule has 0 radical (unpaired) electrons. The third-order valence-corrected chi connectivity index (χ3v) is 2.40. The largest absolute Gasteiger partial charge is 0.573 e. The maximum Gasteiger partial charge on any atom is 0.573 e. The summed E-state index contributed by atoms with van der Waals surface area (Å²) in [6, 6.07) is 5.90. The summed E-state index contributed by atoms with van der Waals surface area (Å²) in [5.41, 5.74) is 0.402. The van der Waals surface area contributed by atoms with Crippen molar-refractivity contribution in [1.29, 1.82) is 0 Å². The van der Waals surface area contributed by atoms with Gasteiger partial charge in [0.15, 0.2) is 0 Å². The molecule has 0 atom stereocenters. The molecule has 100 valence electrons. The zero-order chi connectivity index (χ0) is 13.6. The van der Waals surface area contributed by atoms with Crippen molar-refractivity contribution >= 4 is 5.78 Å². The first-order valence-corrected chi connectivity index (χ1v) is 5.77. The summed E-state index contributed by atoms with van der Waals surface area (Å²) in [6.45, 7) is 1.89. The van der Waals surface area contributed by atoms with Crippen molar-refractivity contribution < 1.29 is 22.7 Å². The van der Waals surface area contributed by atoms with Gasteiger partial charge >= 0.3 is 6.36 Å². The van der Waals surface area contributed by atoms with Crippen molar-refractivity contribution in [1.82, 2.24) is 0 Å². The van der Waals surface area contributed by atoms with Crippen LogP contribution in [0, 0.1) is 0 Å². The molecule has 2 nitrogen and oxygen atoms in total. The molecule has 0 aliphatic heterocycles. The van der Waals surface area contributed by atoms with Gasteiger partial charge in [-0.1, -0.05) is 25.1 Å². The molecule has 0 aromatic heterocycles. The van der Waals surface area contributed by atoms with Crippen molar-refractivity contribution in [2.75, 3.05) is 0 Å². The van der Waals surface area contributed by atoms with Gasteiger partial charge in [-0.05, 0) is 24.5 Å². The lowest BCUT2D eigenvalue weighted by molar-refractivity contribution is -0.274. The van der Waals surface area contributed by atoms with Crippen LogP contribution in [-0.2, 0) is 11.2 Å². The molecule has 0 aliphatic carbocycles. The van der Waals surface area contributed by atoms with Crippen molar-refractivity contribution in [2.45, 2.75) is 39.0 Å². The maximum absolute atomic E-state index is 12.2. The van der Waals surface area contributed by atoms with Crippen LogP contribution in [0.25, 0.3) is 0 Å². The van der Waals surface area contributed by atoms with E-state index in [1.165, 1.54) is 12.1 Å². The Morgan fingerprint density at radius 3 is 2.50 bits per heavy atom. The molecular weight excluding hydrogens is 245 g/mol. The van der Waals surface area contributed by atoms with Crippen LogP contribution in [0.4, 0.5) is 13.2 Å². The quantitative estimate of drug-likeness (QED) is 0.775. The monoisotopic (exact) mass is 260 g/mol. The molecule has 0 unspecified atom stereocenters. The highest BCUT2D eigenvalue weighted by Crippen LogP contribution is 2.27. The van der Waals surface area contributed by atoms with Gasteiger partial charge in [-0.15, -0.1) is 13.2 Å². The first-order chi connectivity index (χ1) is 8.42. The number of benzene rings is 1. The molecule has 0 saturated heterocycles. The van der Waals surface area contributed by atoms with Crippen LogP contribution in [0.2, 0.25) is 0 Å². The molecule has 0 spiro atoms. The Labute approximate surface area is 104 Å². The van der Waals surface area contributed by atoms with Crippen molar-refractivity contribution in [3.05, 3.63) is 29.8 Å². The van der Waals surface area contributed by atoms with E-state index >= 15 is 0 Å². The molecule has 1 aromatic rings. The van der Waals surface area contributed by atoms with E-state index in [4.69, 9.17) is 0 Å². The van der Waals surface area contributed by atoms with Crippen LogP contribution in [-0.4, -0.2) is 12.1 Å². The molecule has 1 rings (SSSR count). The number of rotatable bonds is 6. The minimum Gasteiger partial charge on any atom is -0.406 e. The van der Waals surface area contributed by atoms with E-state index in [0.717, 1.165) is 6.42 Å². The first kappa shape index (κ1) is 14.5. The van der Waals surface area contributed by atoms with Crippen LogP contribution in [0.15, 0.2) is 24.3 Å². The average molecular weight is 260 g/mol. The Kier molecular flexibility index (Phi) is 5.19. The highest BCUT2D eigenvalue weighted by Gasteiger charge is 2.31. The number of halogens is 3. The van der Waals surface area contributed by atoms with E-state index in [2.05, 4.69) is 4.74 Å². The summed E-state index contributed by atoms with van der Waals surface area (Å²) in [7, 11) is 0. The van der Waals surface area contributed by atoms with Gasteiger partial charge in [0.1, 0.15) is 11.5 Å². The molecule has 5 heteroatoms. The topological polar surface area (TPSA) is 26.3 Å². The number of para-hydroxylation sites is 1. The number of alkyl halides is 3. The third kappa shape index (κ3) is 5.21. The number of aryl methyl sites for hydroxylation is 1. The second-order valence-electron chi connectivity index (χ2n) is 3.94. The van der Waals surface area contributed by atoms with Gasteiger partial charge < -0.3 is 4.74 Å². The van der Waals surface area contributed by atoms with Gasteiger partial charge in [0, 0.05) is 12.8 Å². The predicted molar refractivity (Wildman–Crippen MR) is 61.4 cm³/mol. The van der Waals surface area contributed by atoms with E-state index in [1.54, 1.807) is 12.1 Å². The van der Waals surface area contributed by atoms with Crippen LogP contribution < -0.4 is 4.74 Å². The first-order valence-electron chi connectivity index (χ1n) is 5.77. The number of hydrogen-bond donors (Lipinski definition) is 0. The molecule has 0 bridgehead atoms. The van der Waals surface area contributed by atoms with Gasteiger partial charge in [0.25, 0.3) is 0 Å². The number of carbonyl (C=O) groups excluding carboxylic acids is 1. The smallest absolute Gasteiger partial charge is 0.406 e. The molecule has 0 fully saturated rings. The SMILES string of the molecule is CCCC(=O)CCc1ccccc1OC(F)(F)F. The maximum atomic E-state index is 12.2. The normalized spacial score (nSPS) is 11.3. The zero-order valence-electron chi connectivity index (χ0n) is 10.1. The predicted octanol–water partition coefficient (Wildman–Crippen LogP) is 3.89. The van der Waals surface area contributed by atoms with E-state index in [-0.39, 0.29) is 24.4 Å². The Bertz CT molecular complexity index is 399. The van der Waals surface area contributed by atoms with Crippen molar-refractivity contribution in [3.8, 4) is 5.75 Å². The Balaban J connectivity index is 2.67. The van der Waals surface area contributed by atoms with Gasteiger partial charge in [-0.2, -0.15) is 0 Å². The Morgan fingerprint density at radius 1 is 1.22 bits per heavy atom. The van der Waals surface area contributed by atoms with Crippen LogP contribution in [0.5, 0.6) is 5.75 Å². The van der Waals surface area contributed by atoms with Gasteiger partial charge in [0.2, 0.25) is 0 Å². The van der Waals surface area contributed by atoms with Crippen molar-refractivity contribution in [3.63, 3.8) is 0 Å². The standard InChI is InChI=1S/C13H15F3O2/c1-2-5-11(17)9-8-10-6-3-4-7-12(10)18-13(14,15)16/h3-4,6-7H,2,5,8-9H2,1H3. The highest BCUT2D eigenvalue weighted by atomic mass is 19.4. The molecule has 1 aromatic carbocycles. The number of ketones is 1. The van der Waals surface area contributed by atoms with Gasteiger partial charge in [0.05, 0.1) is 0 Å². The second-order valence-corrected chi connectivity index (χ2v) is 3.94. The van der Waals surface area contributed by atoms with Crippen LogP contribution in [0.3, 0.4) is 0 Å². The number of Topliss-reactive ketones (excluding diaryl/α,β-unsaturated/α-hetero) is 1. The molecule has 0 heterocycles. The Morgan fingerprint density at radius 2 is 1.89 bits per heavy atom. The third-order valence-electron chi connectivity index (χ3n) is 2.40. The van der Waals surface area contributed by atoms with E-state index in [0.29, 0.717) is 12.0 Å². The molecule has 0 aliphatic rings. The Hall–Kier alpha value is -1.52. The fraction of sp³-hybridized carbons (Fsp3) is 0.462. The van der Waals surface area contributed by atoms with E-state index < -0.39 is 6.36 Å².